The fraction of sp³-hybridized carbons (Fsp3) is 0.455. The van der Waals surface area contributed by atoms with E-state index in [1.807, 2.05) is 0 Å². The van der Waals surface area contributed by atoms with Crippen LogP contribution in [0.3, 0.4) is 0 Å². The van der Waals surface area contributed by atoms with E-state index in [0.29, 0.717) is 17.6 Å². The minimum Gasteiger partial charge on any atom is -0.339 e. The highest BCUT2D eigenvalue weighted by molar-refractivity contribution is 9.11. The van der Waals surface area contributed by atoms with Crippen LogP contribution in [0.5, 0.6) is 0 Å². The number of rotatable bonds is 2. The van der Waals surface area contributed by atoms with Crippen molar-refractivity contribution in [2.45, 2.75) is 6.54 Å². The quantitative estimate of drug-likeness (QED) is 0.828. The molecule has 2 heterocycles. The number of carbonyl (C=O) groups is 1. The summed E-state index contributed by atoms with van der Waals surface area (Å²) in [4.78, 5) is 25.7. The molecule has 98 valence electrons. The molecule has 1 saturated heterocycles. The summed E-state index contributed by atoms with van der Waals surface area (Å²) >= 11 is 6.49. The van der Waals surface area contributed by atoms with Gasteiger partial charge in [-0.15, -0.1) is 0 Å². The monoisotopic (exact) mass is 377 g/mol. The third kappa shape index (κ3) is 3.21. The Morgan fingerprint density at radius 1 is 1.33 bits per heavy atom. The van der Waals surface area contributed by atoms with E-state index in [1.54, 1.807) is 17.2 Å². The van der Waals surface area contributed by atoms with Crippen LogP contribution in [0.2, 0.25) is 0 Å². The molecule has 0 saturated carbocycles. The Hall–Kier alpha value is -0.660. The first-order valence-electron chi connectivity index (χ1n) is 5.62. The van der Waals surface area contributed by atoms with Crippen LogP contribution in [0.4, 0.5) is 0 Å². The summed E-state index contributed by atoms with van der Waals surface area (Å²) in [5, 5.41) is 3.19. The van der Waals surface area contributed by atoms with Crippen LogP contribution < -0.4 is 10.9 Å². The van der Waals surface area contributed by atoms with Crippen LogP contribution in [-0.2, 0) is 11.3 Å². The molecule has 1 aliphatic rings. The van der Waals surface area contributed by atoms with Gasteiger partial charge in [0.2, 0.25) is 5.91 Å². The van der Waals surface area contributed by atoms with Gasteiger partial charge in [0.15, 0.2) is 0 Å². The third-order valence-corrected chi connectivity index (χ3v) is 3.79. The van der Waals surface area contributed by atoms with Crippen LogP contribution in [0.1, 0.15) is 0 Å². The maximum absolute atomic E-state index is 12.1. The second-order valence-electron chi connectivity index (χ2n) is 4.07. The summed E-state index contributed by atoms with van der Waals surface area (Å²) in [7, 11) is 0. The van der Waals surface area contributed by atoms with Gasteiger partial charge in [0.05, 0.1) is 4.47 Å². The molecule has 0 atom stereocenters. The van der Waals surface area contributed by atoms with E-state index in [2.05, 4.69) is 37.2 Å². The van der Waals surface area contributed by atoms with Gasteiger partial charge in [-0.3, -0.25) is 9.59 Å². The predicted molar refractivity (Wildman–Crippen MR) is 75.6 cm³/mol. The van der Waals surface area contributed by atoms with Crippen molar-refractivity contribution >= 4 is 37.8 Å². The molecule has 0 aliphatic carbocycles. The first-order valence-corrected chi connectivity index (χ1v) is 7.20. The van der Waals surface area contributed by atoms with E-state index >= 15 is 0 Å². The number of amides is 1. The molecule has 0 bridgehead atoms. The lowest BCUT2D eigenvalue weighted by Crippen LogP contribution is -2.48. The lowest BCUT2D eigenvalue weighted by atomic mass is 10.3. The Morgan fingerprint density at radius 2 is 2.00 bits per heavy atom. The summed E-state index contributed by atoms with van der Waals surface area (Å²) in [5.41, 5.74) is -0.193. The van der Waals surface area contributed by atoms with Crippen LogP contribution in [0.15, 0.2) is 26.0 Å². The topological polar surface area (TPSA) is 54.3 Å². The third-order valence-electron chi connectivity index (χ3n) is 2.78. The van der Waals surface area contributed by atoms with Crippen molar-refractivity contribution in [2.75, 3.05) is 26.2 Å². The van der Waals surface area contributed by atoms with Gasteiger partial charge >= 0.3 is 0 Å². The minimum atomic E-state index is -0.193. The highest BCUT2D eigenvalue weighted by atomic mass is 79.9. The molecule has 1 aliphatic heterocycles. The Labute approximate surface area is 121 Å². The fourth-order valence-corrected chi connectivity index (χ4v) is 3.10. The molecule has 1 fully saturated rings. The van der Waals surface area contributed by atoms with Crippen LogP contribution >= 0.6 is 31.9 Å². The van der Waals surface area contributed by atoms with Gasteiger partial charge in [-0.1, -0.05) is 0 Å². The lowest BCUT2D eigenvalue weighted by molar-refractivity contribution is -0.132. The van der Waals surface area contributed by atoms with Crippen molar-refractivity contribution in [1.29, 1.82) is 0 Å². The molecule has 0 spiro atoms. The number of hydrogen-bond acceptors (Lipinski definition) is 3. The standard InChI is InChI=1S/C11H13Br2N3O2/c12-8-5-9(13)11(18)16(6-8)7-10(17)15-3-1-14-2-4-15/h5-6,14H,1-4,7H2. The normalized spacial score (nSPS) is 15.8. The second-order valence-corrected chi connectivity index (χ2v) is 5.84. The number of piperazine rings is 1. The van der Waals surface area contributed by atoms with Crippen molar-refractivity contribution in [3.8, 4) is 0 Å². The summed E-state index contributed by atoms with van der Waals surface area (Å²) in [6.45, 7) is 3.09. The number of nitrogens with one attached hydrogen (secondary N) is 1. The smallest absolute Gasteiger partial charge is 0.265 e. The van der Waals surface area contributed by atoms with Crippen molar-refractivity contribution < 1.29 is 4.79 Å². The summed E-state index contributed by atoms with van der Waals surface area (Å²) in [5.74, 6) is -0.0244. The molecule has 18 heavy (non-hydrogen) atoms. The van der Waals surface area contributed by atoms with Crippen LogP contribution in [0.25, 0.3) is 0 Å². The molecular formula is C11H13Br2N3O2. The minimum absolute atomic E-state index is 0.0244. The second kappa shape index (κ2) is 5.99. The van der Waals surface area contributed by atoms with Gasteiger partial charge in [-0.25, -0.2) is 0 Å². The van der Waals surface area contributed by atoms with Crippen molar-refractivity contribution in [1.82, 2.24) is 14.8 Å². The SMILES string of the molecule is O=C(Cn1cc(Br)cc(Br)c1=O)N1CCNCC1. The van der Waals surface area contributed by atoms with E-state index in [-0.39, 0.29) is 18.0 Å². The Kier molecular flexibility index (Phi) is 4.58. The number of aromatic nitrogens is 1. The van der Waals surface area contributed by atoms with E-state index in [1.165, 1.54) is 4.57 Å². The number of hydrogen-bond donors (Lipinski definition) is 1. The number of pyridine rings is 1. The molecule has 0 radical (unpaired) electrons. The largest absolute Gasteiger partial charge is 0.339 e. The molecule has 7 heteroatoms. The molecule has 2 rings (SSSR count). The van der Waals surface area contributed by atoms with Gasteiger partial charge in [0.25, 0.3) is 5.56 Å². The first kappa shape index (κ1) is 13.8. The number of halogens is 2. The molecule has 0 aromatic carbocycles. The first-order chi connectivity index (χ1) is 8.58. The average molecular weight is 379 g/mol. The van der Waals surface area contributed by atoms with Crippen molar-refractivity contribution in [3.05, 3.63) is 31.6 Å². The molecule has 1 aromatic heterocycles. The van der Waals surface area contributed by atoms with Gasteiger partial charge in [0.1, 0.15) is 6.54 Å². The summed E-state index contributed by atoms with van der Waals surface area (Å²) in [6.07, 6.45) is 1.63. The maximum atomic E-state index is 12.1. The van der Waals surface area contributed by atoms with Crippen molar-refractivity contribution in [3.63, 3.8) is 0 Å². The van der Waals surface area contributed by atoms with E-state index in [0.717, 1.165) is 17.6 Å². The number of carbonyl (C=O) groups excluding carboxylic acids is 1. The fourth-order valence-electron chi connectivity index (χ4n) is 1.84. The molecule has 1 amide bonds. The zero-order valence-electron chi connectivity index (χ0n) is 9.66. The van der Waals surface area contributed by atoms with Crippen molar-refractivity contribution in [2.24, 2.45) is 0 Å². The molecular weight excluding hydrogens is 366 g/mol. The van der Waals surface area contributed by atoms with Gasteiger partial charge in [-0.05, 0) is 37.9 Å². The molecule has 1 N–H and O–H groups in total. The van der Waals surface area contributed by atoms with Gasteiger partial charge < -0.3 is 14.8 Å². The highest BCUT2D eigenvalue weighted by Gasteiger charge is 2.17. The summed E-state index contributed by atoms with van der Waals surface area (Å²) in [6, 6.07) is 1.67. The average Bonchev–Trinajstić information content (AvgIpc) is 2.36. The zero-order chi connectivity index (χ0) is 13.1. The molecule has 0 unspecified atom stereocenters. The Balaban J connectivity index is 2.13. The van der Waals surface area contributed by atoms with Crippen LogP contribution in [0, 0.1) is 0 Å². The zero-order valence-corrected chi connectivity index (χ0v) is 12.8. The van der Waals surface area contributed by atoms with Crippen LogP contribution in [-0.4, -0.2) is 41.6 Å². The summed E-state index contributed by atoms with van der Waals surface area (Å²) < 4.78 is 2.63. The molecule has 5 nitrogen and oxygen atoms in total. The van der Waals surface area contributed by atoms with Gasteiger partial charge in [0, 0.05) is 36.8 Å². The van der Waals surface area contributed by atoms with E-state index in [9.17, 15) is 9.59 Å². The Bertz CT molecular complexity index is 510. The highest BCUT2D eigenvalue weighted by Crippen LogP contribution is 2.12. The maximum Gasteiger partial charge on any atom is 0.265 e. The predicted octanol–water partition coefficient (Wildman–Crippen LogP) is 0.805. The van der Waals surface area contributed by atoms with Gasteiger partial charge in [-0.2, -0.15) is 0 Å². The van der Waals surface area contributed by atoms with E-state index < -0.39 is 0 Å². The van der Waals surface area contributed by atoms with E-state index in [4.69, 9.17) is 0 Å². The lowest BCUT2D eigenvalue weighted by Gasteiger charge is -2.27. The number of nitrogens with zero attached hydrogens (tertiary/aromatic N) is 2. The molecule has 1 aromatic rings. The Morgan fingerprint density at radius 3 is 2.67 bits per heavy atom.